The van der Waals surface area contributed by atoms with Gasteiger partial charge in [-0.15, -0.1) is 0 Å². The fourth-order valence-electron chi connectivity index (χ4n) is 2.12. The van der Waals surface area contributed by atoms with Crippen molar-refractivity contribution in [3.05, 3.63) is 63.9 Å². The van der Waals surface area contributed by atoms with E-state index in [1.165, 1.54) is 17.0 Å². The third-order valence-corrected chi connectivity index (χ3v) is 3.68. The number of ether oxygens (including phenoxy) is 1. The van der Waals surface area contributed by atoms with Gasteiger partial charge in [0.25, 0.3) is 0 Å². The Balaban J connectivity index is 1.98. The largest absolute Gasteiger partial charge is 0.434 e. The third kappa shape index (κ3) is 4.09. The second-order valence-corrected chi connectivity index (χ2v) is 5.66. The van der Waals surface area contributed by atoms with Crippen molar-refractivity contribution in [2.75, 3.05) is 0 Å². The molecule has 0 aliphatic rings. The number of H-pyrrole nitrogens is 1. The van der Waals surface area contributed by atoms with Crippen molar-refractivity contribution in [3.63, 3.8) is 0 Å². The number of rotatable bonds is 5. The van der Waals surface area contributed by atoms with E-state index in [0.717, 1.165) is 0 Å². The molecule has 0 amide bonds. The van der Waals surface area contributed by atoms with Crippen LogP contribution in [0.5, 0.6) is 5.75 Å². The first-order valence-electron chi connectivity index (χ1n) is 7.06. The van der Waals surface area contributed by atoms with Crippen molar-refractivity contribution in [2.45, 2.75) is 6.61 Å². The molecule has 1 N–H and O–H groups in total. The third-order valence-electron chi connectivity index (χ3n) is 3.18. The summed E-state index contributed by atoms with van der Waals surface area (Å²) in [6.07, 6.45) is 1.37. The Hall–Kier alpha value is -2.58. The highest BCUT2D eigenvalue weighted by atomic mass is 35.5. The lowest BCUT2D eigenvalue weighted by Gasteiger charge is -2.07. The van der Waals surface area contributed by atoms with E-state index in [-0.39, 0.29) is 10.5 Å². The molecular formula is C16H11ClF2N4OS. The summed E-state index contributed by atoms with van der Waals surface area (Å²) in [6, 6.07) is 13.3. The number of hydrogen-bond donors (Lipinski definition) is 1. The molecule has 0 fully saturated rings. The maximum Gasteiger partial charge on any atom is 0.387 e. The van der Waals surface area contributed by atoms with Crippen LogP contribution in [0.1, 0.15) is 5.56 Å². The Bertz CT molecular complexity index is 971. The quantitative estimate of drug-likeness (QED) is 0.513. The monoisotopic (exact) mass is 380 g/mol. The van der Waals surface area contributed by atoms with Crippen molar-refractivity contribution in [3.8, 4) is 17.1 Å². The van der Waals surface area contributed by atoms with Crippen molar-refractivity contribution in [2.24, 2.45) is 5.10 Å². The molecule has 0 aliphatic carbocycles. The van der Waals surface area contributed by atoms with Crippen LogP contribution in [0, 0.1) is 4.77 Å². The fraction of sp³-hybridized carbons (Fsp3) is 0.0625. The lowest BCUT2D eigenvalue weighted by atomic mass is 10.2. The predicted octanol–water partition coefficient (Wildman–Crippen LogP) is 4.74. The molecule has 0 spiro atoms. The number of nitrogens with zero attached hydrogens (tertiary/aromatic N) is 3. The minimum Gasteiger partial charge on any atom is -0.434 e. The van der Waals surface area contributed by atoms with Gasteiger partial charge in [0.2, 0.25) is 4.77 Å². The number of halogens is 3. The number of aromatic nitrogens is 3. The standard InChI is InChI=1S/C16H11ClF2N4OS/c17-12-6-3-5-10(8-12)14-21-22-16(25)23(14)20-9-11-4-1-2-7-13(11)24-15(18)19/h1-9,15H,(H,22,25)/b20-9-. The van der Waals surface area contributed by atoms with Crippen LogP contribution >= 0.6 is 23.8 Å². The first-order valence-corrected chi connectivity index (χ1v) is 7.85. The highest BCUT2D eigenvalue weighted by molar-refractivity contribution is 7.71. The first-order chi connectivity index (χ1) is 12.0. The van der Waals surface area contributed by atoms with Crippen LogP contribution < -0.4 is 4.74 Å². The molecule has 0 atom stereocenters. The van der Waals surface area contributed by atoms with Gasteiger partial charge in [-0.3, -0.25) is 0 Å². The molecule has 0 unspecified atom stereocenters. The molecule has 0 aliphatic heterocycles. The average Bonchev–Trinajstić information content (AvgIpc) is 2.94. The first kappa shape index (κ1) is 17.2. The van der Waals surface area contributed by atoms with Gasteiger partial charge in [0.05, 0.1) is 6.21 Å². The van der Waals surface area contributed by atoms with Crippen molar-refractivity contribution < 1.29 is 13.5 Å². The maximum atomic E-state index is 12.5. The molecule has 1 heterocycles. The summed E-state index contributed by atoms with van der Waals surface area (Å²) in [5.41, 5.74) is 1.08. The second kappa shape index (κ2) is 7.54. The van der Waals surface area contributed by atoms with Gasteiger partial charge in [0, 0.05) is 16.1 Å². The summed E-state index contributed by atoms with van der Waals surface area (Å²) in [7, 11) is 0. The zero-order chi connectivity index (χ0) is 17.8. The van der Waals surface area contributed by atoms with Gasteiger partial charge in [0.15, 0.2) is 5.82 Å². The lowest BCUT2D eigenvalue weighted by molar-refractivity contribution is -0.0499. The van der Waals surface area contributed by atoms with Crippen LogP contribution in [0.2, 0.25) is 5.02 Å². The zero-order valence-corrected chi connectivity index (χ0v) is 14.1. The smallest absolute Gasteiger partial charge is 0.387 e. The van der Waals surface area contributed by atoms with Crippen LogP contribution in [-0.4, -0.2) is 27.7 Å². The van der Waals surface area contributed by atoms with Crippen LogP contribution in [0.3, 0.4) is 0 Å². The number of para-hydroxylation sites is 1. The van der Waals surface area contributed by atoms with Gasteiger partial charge in [-0.05, 0) is 36.5 Å². The molecule has 2 aromatic carbocycles. The minimum absolute atomic E-state index is 0.0144. The molecule has 1 aromatic heterocycles. The lowest BCUT2D eigenvalue weighted by Crippen LogP contribution is -2.04. The fourth-order valence-corrected chi connectivity index (χ4v) is 2.49. The highest BCUT2D eigenvalue weighted by Crippen LogP contribution is 2.22. The molecule has 9 heteroatoms. The molecule has 0 saturated heterocycles. The summed E-state index contributed by atoms with van der Waals surface area (Å²) in [4.78, 5) is 0. The van der Waals surface area contributed by atoms with Gasteiger partial charge in [-0.25, -0.2) is 5.10 Å². The zero-order valence-electron chi connectivity index (χ0n) is 12.6. The number of alkyl halides is 2. The van der Waals surface area contributed by atoms with Crippen molar-refractivity contribution in [1.29, 1.82) is 0 Å². The second-order valence-electron chi connectivity index (χ2n) is 4.84. The Labute approximate surface area is 151 Å². The minimum atomic E-state index is -2.92. The molecule has 25 heavy (non-hydrogen) atoms. The van der Waals surface area contributed by atoms with E-state index in [2.05, 4.69) is 20.0 Å². The number of nitrogens with one attached hydrogen (secondary N) is 1. The SMILES string of the molecule is FC(F)Oc1ccccc1/C=N\n1c(-c2cccc(Cl)c2)n[nH]c1=S. The Morgan fingerprint density at radius 2 is 2.04 bits per heavy atom. The van der Waals surface area contributed by atoms with E-state index < -0.39 is 6.61 Å². The van der Waals surface area contributed by atoms with Gasteiger partial charge in [0.1, 0.15) is 5.75 Å². The average molecular weight is 381 g/mol. The van der Waals surface area contributed by atoms with E-state index >= 15 is 0 Å². The molecule has 0 bridgehead atoms. The maximum absolute atomic E-state index is 12.5. The van der Waals surface area contributed by atoms with Crippen LogP contribution in [0.4, 0.5) is 8.78 Å². The topological polar surface area (TPSA) is 55.2 Å². The van der Waals surface area contributed by atoms with Crippen LogP contribution in [-0.2, 0) is 0 Å². The van der Waals surface area contributed by atoms with E-state index in [1.807, 2.05) is 0 Å². The van der Waals surface area contributed by atoms with E-state index in [0.29, 0.717) is 22.0 Å². The van der Waals surface area contributed by atoms with E-state index in [4.69, 9.17) is 23.8 Å². The normalized spacial score (nSPS) is 11.4. The number of hydrogen-bond acceptors (Lipinski definition) is 4. The van der Waals surface area contributed by atoms with Gasteiger partial charge < -0.3 is 4.74 Å². The van der Waals surface area contributed by atoms with E-state index in [1.54, 1.807) is 42.5 Å². The molecule has 3 rings (SSSR count). The summed E-state index contributed by atoms with van der Waals surface area (Å²) in [5.74, 6) is 0.455. The van der Waals surface area contributed by atoms with Crippen molar-refractivity contribution in [1.82, 2.24) is 14.9 Å². The molecule has 0 saturated carbocycles. The summed E-state index contributed by atoms with van der Waals surface area (Å²) < 4.78 is 31.1. The predicted molar refractivity (Wildman–Crippen MR) is 93.9 cm³/mol. The summed E-state index contributed by atoms with van der Waals surface area (Å²) >= 11 is 11.2. The van der Waals surface area contributed by atoms with Crippen molar-refractivity contribution >= 4 is 30.0 Å². The van der Waals surface area contributed by atoms with Gasteiger partial charge in [-0.2, -0.15) is 23.7 Å². The summed E-state index contributed by atoms with van der Waals surface area (Å²) in [5, 5.41) is 11.6. The highest BCUT2D eigenvalue weighted by Gasteiger charge is 2.10. The molecule has 0 radical (unpaired) electrons. The Morgan fingerprint density at radius 1 is 1.24 bits per heavy atom. The number of benzene rings is 2. The van der Waals surface area contributed by atoms with Gasteiger partial charge in [-0.1, -0.05) is 35.9 Å². The van der Waals surface area contributed by atoms with Crippen LogP contribution in [0.25, 0.3) is 11.4 Å². The molecule has 5 nitrogen and oxygen atoms in total. The molecular weight excluding hydrogens is 370 g/mol. The summed E-state index contributed by atoms with van der Waals surface area (Å²) in [6.45, 7) is -2.92. The van der Waals surface area contributed by atoms with Crippen LogP contribution in [0.15, 0.2) is 53.6 Å². The number of aromatic amines is 1. The Morgan fingerprint density at radius 3 is 2.80 bits per heavy atom. The Kier molecular flexibility index (Phi) is 5.20. The van der Waals surface area contributed by atoms with E-state index in [9.17, 15) is 8.78 Å². The molecule has 3 aromatic rings. The molecule has 128 valence electrons. The van der Waals surface area contributed by atoms with Gasteiger partial charge >= 0.3 is 6.61 Å².